The number of esters is 1. The Bertz CT molecular complexity index is 2060. The summed E-state index contributed by atoms with van der Waals surface area (Å²) in [5.41, 5.74) is 3.85. The molecule has 2 aliphatic carbocycles. The van der Waals surface area contributed by atoms with Crippen molar-refractivity contribution in [1.29, 1.82) is 0 Å². The van der Waals surface area contributed by atoms with Crippen LogP contribution in [0.4, 0.5) is 17.6 Å². The number of benzene rings is 4. The Morgan fingerprint density at radius 1 is 0.630 bits per heavy atom. The normalized spacial score (nSPS) is 15.1. The van der Waals surface area contributed by atoms with Crippen molar-refractivity contribution in [2.24, 2.45) is 10.8 Å². The van der Waals surface area contributed by atoms with E-state index < -0.39 is 29.2 Å². The molecule has 4 aromatic carbocycles. The van der Waals surface area contributed by atoms with E-state index in [1.807, 2.05) is 6.08 Å². The zero-order valence-electron chi connectivity index (χ0n) is 30.6. The number of rotatable bonds is 8. The first-order chi connectivity index (χ1) is 24.6. The third-order valence-corrected chi connectivity index (χ3v) is 10.0. The maximum Gasteiger partial charge on any atom is 0.337 e. The minimum absolute atomic E-state index is 0. The lowest BCUT2D eigenvalue weighted by atomic mass is 9.79. The topological polar surface area (TPSA) is 65.0 Å². The molecule has 2 aliphatic rings. The molecular weight excluding hydrogens is 696 g/mol. The van der Waals surface area contributed by atoms with Gasteiger partial charge < -0.3 is 19.3 Å². The number of halogens is 4. The second-order valence-corrected chi connectivity index (χ2v) is 14.3. The molecule has 0 unspecified atom stereocenters. The molecule has 290 valence electrons. The lowest BCUT2D eigenvalue weighted by molar-refractivity contribution is 0.0600. The van der Waals surface area contributed by atoms with E-state index in [1.165, 1.54) is 63.8 Å². The Balaban J connectivity index is 0.000000281. The van der Waals surface area contributed by atoms with Gasteiger partial charge in [0, 0.05) is 22.3 Å². The summed E-state index contributed by atoms with van der Waals surface area (Å²) >= 11 is 0. The number of allylic oxidation sites excluding steroid dienone is 4. The van der Waals surface area contributed by atoms with Crippen LogP contribution in [0.5, 0.6) is 11.5 Å². The van der Waals surface area contributed by atoms with Crippen LogP contribution >= 0.6 is 0 Å². The van der Waals surface area contributed by atoms with E-state index >= 15 is 4.39 Å². The number of aliphatic hydroxyl groups is 1. The van der Waals surface area contributed by atoms with Crippen LogP contribution < -0.4 is 9.47 Å². The predicted octanol–water partition coefficient (Wildman–Crippen LogP) is 12.2. The lowest BCUT2D eigenvalue weighted by Gasteiger charge is -2.26. The van der Waals surface area contributed by atoms with E-state index in [0.29, 0.717) is 28.2 Å². The van der Waals surface area contributed by atoms with Crippen LogP contribution in [0.15, 0.2) is 72.8 Å². The monoisotopic (exact) mass is 748 g/mol. The second-order valence-electron chi connectivity index (χ2n) is 14.3. The van der Waals surface area contributed by atoms with E-state index in [1.54, 1.807) is 12.1 Å². The van der Waals surface area contributed by atoms with Gasteiger partial charge in [-0.3, -0.25) is 0 Å². The first kappa shape index (κ1) is 43.5. The third kappa shape index (κ3) is 8.73. The van der Waals surface area contributed by atoms with Crippen molar-refractivity contribution in [3.05, 3.63) is 118 Å². The highest BCUT2D eigenvalue weighted by molar-refractivity contribution is 5.94. The Labute approximate surface area is 317 Å². The zero-order valence-corrected chi connectivity index (χ0v) is 30.6. The van der Waals surface area contributed by atoms with Crippen LogP contribution in [0.2, 0.25) is 0 Å². The first-order valence-corrected chi connectivity index (χ1v) is 17.1. The Kier molecular flexibility index (Phi) is 14.1. The number of aliphatic hydroxyl groups excluding tert-OH is 1. The van der Waals surface area contributed by atoms with E-state index in [4.69, 9.17) is 14.2 Å². The fourth-order valence-electron chi connectivity index (χ4n) is 7.14. The lowest BCUT2D eigenvalue weighted by Crippen LogP contribution is -2.12. The largest absolute Gasteiger partial charge is 0.497 e. The zero-order chi connectivity index (χ0) is 38.0. The number of hydrogen-bond donors (Lipinski definition) is 1. The van der Waals surface area contributed by atoms with Gasteiger partial charge in [-0.15, -0.1) is 0 Å². The molecule has 0 saturated carbocycles. The van der Waals surface area contributed by atoms with Crippen LogP contribution in [0.3, 0.4) is 0 Å². The van der Waals surface area contributed by atoms with Gasteiger partial charge in [-0.25, -0.2) is 22.4 Å². The average molecular weight is 749 g/mol. The van der Waals surface area contributed by atoms with Crippen molar-refractivity contribution in [2.75, 3.05) is 21.3 Å². The van der Waals surface area contributed by atoms with Crippen LogP contribution in [-0.2, 0) is 11.3 Å². The van der Waals surface area contributed by atoms with E-state index in [-0.39, 0.29) is 60.1 Å². The molecule has 4 aromatic rings. The molecule has 5 nitrogen and oxygen atoms in total. The smallest absolute Gasteiger partial charge is 0.337 e. The van der Waals surface area contributed by atoms with Crippen molar-refractivity contribution in [2.45, 2.75) is 74.8 Å². The molecule has 0 spiro atoms. The molecule has 9 heteroatoms. The van der Waals surface area contributed by atoms with Crippen molar-refractivity contribution < 1.29 is 41.7 Å². The van der Waals surface area contributed by atoms with Crippen LogP contribution in [0, 0.1) is 34.1 Å². The summed E-state index contributed by atoms with van der Waals surface area (Å²) in [5, 5.41) is 9.48. The Morgan fingerprint density at radius 3 is 1.46 bits per heavy atom. The molecule has 0 fully saturated rings. The van der Waals surface area contributed by atoms with E-state index in [2.05, 4.69) is 33.8 Å². The standard InChI is InChI=1S/C22H22F2O3.C21H22F2O2.2CH4/c1-22(2)9-5-6-17(22)15-10-13(21(25)27-4)11-19(24)20(15)16-12-14(26-3)7-8-18(16)23;1-21(2)8-4-5-17(21)15-9-13(12-24)10-19(23)20(15)16-11-14(25-3)6-7-18(16)22;;/h6-8,10-12H,5,9H2,1-4H3;5-7,9-11,24H,4,8,12H2,1-3H3;2*1H4. The Hall–Kier alpha value is -4.89. The van der Waals surface area contributed by atoms with Crippen LogP contribution in [-0.4, -0.2) is 32.4 Å². The molecule has 0 saturated heterocycles. The van der Waals surface area contributed by atoms with Crippen molar-refractivity contribution in [3.8, 4) is 33.8 Å². The summed E-state index contributed by atoms with van der Waals surface area (Å²) in [4.78, 5) is 12.0. The highest BCUT2D eigenvalue weighted by Crippen LogP contribution is 2.49. The number of ether oxygens (including phenoxy) is 3. The maximum absolute atomic E-state index is 15.2. The van der Waals surface area contributed by atoms with Crippen LogP contribution in [0.1, 0.15) is 95.3 Å². The van der Waals surface area contributed by atoms with Gasteiger partial charge in [-0.1, -0.05) is 54.7 Å². The molecule has 0 radical (unpaired) electrons. The van der Waals surface area contributed by atoms with Gasteiger partial charge in [-0.2, -0.15) is 0 Å². The maximum atomic E-state index is 15.2. The molecule has 0 amide bonds. The molecule has 0 aromatic heterocycles. The summed E-state index contributed by atoms with van der Waals surface area (Å²) in [6.07, 6.45) is 7.69. The van der Waals surface area contributed by atoms with Gasteiger partial charge in [-0.05, 0) is 125 Å². The SMILES string of the molecule is C.C.COC(=O)c1cc(F)c(-c2cc(OC)ccc2F)c(C2=CCCC2(C)C)c1.COc1ccc(F)c(-c2c(F)cc(CO)cc2C2=CCCC2(C)C)c1. The molecular formula is C45H52F4O5. The van der Waals surface area contributed by atoms with Gasteiger partial charge >= 0.3 is 5.97 Å². The third-order valence-electron chi connectivity index (χ3n) is 10.0. The quantitative estimate of drug-likeness (QED) is 0.144. The summed E-state index contributed by atoms with van der Waals surface area (Å²) in [7, 11) is 4.21. The molecule has 54 heavy (non-hydrogen) atoms. The second kappa shape index (κ2) is 17.5. The first-order valence-electron chi connectivity index (χ1n) is 17.1. The van der Waals surface area contributed by atoms with Gasteiger partial charge in [0.1, 0.15) is 34.8 Å². The summed E-state index contributed by atoms with van der Waals surface area (Å²) < 4.78 is 74.4. The number of carbonyl (C=O) groups is 1. The van der Waals surface area contributed by atoms with E-state index in [0.717, 1.165) is 42.9 Å². The van der Waals surface area contributed by atoms with Gasteiger partial charge in [0.25, 0.3) is 0 Å². The molecule has 0 bridgehead atoms. The average Bonchev–Trinajstić information content (AvgIpc) is 3.67. The minimum Gasteiger partial charge on any atom is -0.497 e. The highest BCUT2D eigenvalue weighted by Gasteiger charge is 2.33. The molecule has 0 heterocycles. The van der Waals surface area contributed by atoms with Crippen molar-refractivity contribution >= 4 is 17.1 Å². The van der Waals surface area contributed by atoms with Crippen LogP contribution in [0.25, 0.3) is 33.4 Å². The van der Waals surface area contributed by atoms with Crippen molar-refractivity contribution in [1.82, 2.24) is 0 Å². The number of hydrogen-bond acceptors (Lipinski definition) is 5. The number of carbonyl (C=O) groups excluding carboxylic acids is 1. The summed E-state index contributed by atoms with van der Waals surface area (Å²) in [6, 6.07) is 14.2. The minimum atomic E-state index is -0.677. The van der Waals surface area contributed by atoms with Crippen molar-refractivity contribution in [3.63, 3.8) is 0 Å². The molecule has 0 aliphatic heterocycles. The molecule has 0 atom stereocenters. The van der Waals surface area contributed by atoms with E-state index in [9.17, 15) is 23.1 Å². The summed E-state index contributed by atoms with van der Waals surface area (Å²) in [5.74, 6) is -2.03. The van der Waals surface area contributed by atoms with Gasteiger partial charge in [0.15, 0.2) is 0 Å². The Morgan fingerprint density at radius 2 is 1.07 bits per heavy atom. The van der Waals surface area contributed by atoms with Gasteiger partial charge in [0.2, 0.25) is 0 Å². The van der Waals surface area contributed by atoms with Gasteiger partial charge in [0.05, 0.1) is 33.5 Å². The highest BCUT2D eigenvalue weighted by atomic mass is 19.1. The fourth-order valence-corrected chi connectivity index (χ4v) is 7.14. The predicted molar refractivity (Wildman–Crippen MR) is 209 cm³/mol. The summed E-state index contributed by atoms with van der Waals surface area (Å²) in [6.45, 7) is 8.04. The fraction of sp³-hybridized carbons (Fsp3) is 0.356. The number of methoxy groups -OCH3 is 3. The molecule has 6 rings (SSSR count). The molecule has 1 N–H and O–H groups in total.